The van der Waals surface area contributed by atoms with Gasteiger partial charge in [-0.2, -0.15) is 0 Å². The molecule has 1 heterocycles. The van der Waals surface area contributed by atoms with E-state index in [2.05, 4.69) is 0 Å². The van der Waals surface area contributed by atoms with E-state index in [1.807, 2.05) is 19.9 Å². The lowest BCUT2D eigenvalue weighted by Crippen LogP contribution is -2.26. The van der Waals surface area contributed by atoms with E-state index in [9.17, 15) is 4.79 Å². The summed E-state index contributed by atoms with van der Waals surface area (Å²) in [5.41, 5.74) is 9.28. The molecule has 1 aromatic carbocycles. The number of rotatable bonds is 0. The number of nitrogens with two attached hydrogens (primary N) is 1. The molecule has 1 aromatic rings. The Kier molecular flexibility index (Phi) is 2.50. The fourth-order valence-corrected chi connectivity index (χ4v) is 2.02. The third-order valence-corrected chi connectivity index (χ3v) is 3.01. The Morgan fingerprint density at radius 2 is 2.12 bits per heavy atom. The lowest BCUT2D eigenvalue weighted by atomic mass is 10.1. The van der Waals surface area contributed by atoms with Crippen LogP contribution < -0.4 is 15.4 Å². The zero-order chi connectivity index (χ0) is 11.9. The van der Waals surface area contributed by atoms with Gasteiger partial charge >= 0.3 is 0 Å². The van der Waals surface area contributed by atoms with Crippen LogP contribution in [0.3, 0.4) is 0 Å². The van der Waals surface area contributed by atoms with Crippen molar-refractivity contribution >= 4 is 17.3 Å². The Morgan fingerprint density at radius 1 is 1.44 bits per heavy atom. The molecule has 0 atom stereocenters. The largest absolute Gasteiger partial charge is 0.491 e. The number of nitrogens with zero attached hydrogens (tertiary/aromatic N) is 1. The average Bonchev–Trinajstić information content (AvgIpc) is 2.37. The maximum Gasteiger partial charge on any atom is 0.230 e. The third-order valence-electron chi connectivity index (χ3n) is 3.01. The maximum absolute atomic E-state index is 11.8. The molecule has 0 radical (unpaired) electrons. The molecule has 0 spiro atoms. The molecule has 0 fully saturated rings. The van der Waals surface area contributed by atoms with Gasteiger partial charge in [0.1, 0.15) is 5.75 Å². The lowest BCUT2D eigenvalue weighted by Gasteiger charge is -2.21. The van der Waals surface area contributed by atoms with Crippen LogP contribution in [0.1, 0.15) is 17.5 Å². The van der Waals surface area contributed by atoms with E-state index in [1.165, 1.54) is 0 Å². The number of amides is 1. The highest BCUT2D eigenvalue weighted by Crippen LogP contribution is 2.39. The van der Waals surface area contributed by atoms with Crippen LogP contribution >= 0.6 is 0 Å². The number of fused-ring (bicyclic) bond motifs is 1. The van der Waals surface area contributed by atoms with Gasteiger partial charge in [-0.25, -0.2) is 0 Å². The number of anilines is 2. The molecule has 0 bridgehead atoms. The minimum atomic E-state index is 0.0619. The second-order valence-electron chi connectivity index (χ2n) is 4.14. The molecule has 2 N–H and O–H groups in total. The van der Waals surface area contributed by atoms with E-state index >= 15 is 0 Å². The topological polar surface area (TPSA) is 55.6 Å². The van der Waals surface area contributed by atoms with E-state index in [0.717, 1.165) is 22.6 Å². The number of nitrogen functional groups attached to an aromatic ring is 1. The van der Waals surface area contributed by atoms with Crippen LogP contribution in [-0.2, 0) is 4.79 Å². The van der Waals surface area contributed by atoms with Gasteiger partial charge in [0.25, 0.3) is 0 Å². The van der Waals surface area contributed by atoms with Gasteiger partial charge in [-0.1, -0.05) is 0 Å². The van der Waals surface area contributed by atoms with Crippen LogP contribution in [0.4, 0.5) is 11.4 Å². The zero-order valence-corrected chi connectivity index (χ0v) is 9.83. The maximum atomic E-state index is 11.8. The molecule has 1 aliphatic heterocycles. The Bertz CT molecular complexity index is 455. The Morgan fingerprint density at radius 3 is 2.81 bits per heavy atom. The number of benzene rings is 1. The van der Waals surface area contributed by atoms with Gasteiger partial charge in [0.05, 0.1) is 18.7 Å². The molecule has 0 unspecified atom stereocenters. The first-order chi connectivity index (χ1) is 7.52. The van der Waals surface area contributed by atoms with Gasteiger partial charge in [0.15, 0.2) is 0 Å². The number of carbonyl (C=O) groups is 1. The van der Waals surface area contributed by atoms with Gasteiger partial charge < -0.3 is 15.4 Å². The summed E-state index contributed by atoms with van der Waals surface area (Å²) in [6, 6.07) is 1.89. The molecule has 86 valence electrons. The summed E-state index contributed by atoms with van der Waals surface area (Å²) in [6.07, 6.45) is 0.407. The minimum Gasteiger partial charge on any atom is -0.491 e. The molecule has 16 heavy (non-hydrogen) atoms. The first kappa shape index (κ1) is 10.8. The molecule has 1 aliphatic rings. The molecule has 0 saturated heterocycles. The predicted octanol–water partition coefficient (Wildman–Crippen LogP) is 1.63. The van der Waals surface area contributed by atoms with E-state index in [4.69, 9.17) is 10.5 Å². The second-order valence-corrected chi connectivity index (χ2v) is 4.14. The fraction of sp³-hybridized carbons (Fsp3) is 0.417. The Balaban J connectivity index is 2.69. The quantitative estimate of drug-likeness (QED) is 0.676. The van der Waals surface area contributed by atoms with Crippen LogP contribution in [0.2, 0.25) is 0 Å². The standard InChI is InChI=1S/C12H16N2O2/c1-7-6-9(13)8(2)11-12(7)16-5-4-10(15)14(11)3/h6H,4-5,13H2,1-3H3. The molecule has 4 nitrogen and oxygen atoms in total. The van der Waals surface area contributed by atoms with Gasteiger partial charge in [-0.05, 0) is 31.0 Å². The monoisotopic (exact) mass is 220 g/mol. The molecular formula is C12H16N2O2. The number of hydrogen-bond acceptors (Lipinski definition) is 3. The van der Waals surface area contributed by atoms with E-state index in [1.54, 1.807) is 11.9 Å². The van der Waals surface area contributed by atoms with Crippen molar-refractivity contribution in [3.05, 3.63) is 17.2 Å². The summed E-state index contributed by atoms with van der Waals surface area (Å²) >= 11 is 0. The summed E-state index contributed by atoms with van der Waals surface area (Å²) in [5, 5.41) is 0. The highest BCUT2D eigenvalue weighted by Gasteiger charge is 2.24. The van der Waals surface area contributed by atoms with Crippen molar-refractivity contribution < 1.29 is 9.53 Å². The summed E-state index contributed by atoms with van der Waals surface area (Å²) in [4.78, 5) is 13.4. The number of aryl methyl sites for hydroxylation is 1. The average molecular weight is 220 g/mol. The summed E-state index contributed by atoms with van der Waals surface area (Å²) in [6.45, 7) is 4.28. The summed E-state index contributed by atoms with van der Waals surface area (Å²) in [5.74, 6) is 0.840. The molecule has 4 heteroatoms. The third kappa shape index (κ3) is 1.50. The highest BCUT2D eigenvalue weighted by molar-refractivity contribution is 5.97. The molecule has 2 rings (SSSR count). The van der Waals surface area contributed by atoms with Crippen molar-refractivity contribution in [2.24, 2.45) is 0 Å². The van der Waals surface area contributed by atoms with Crippen LogP contribution in [0, 0.1) is 13.8 Å². The van der Waals surface area contributed by atoms with Crippen molar-refractivity contribution in [1.82, 2.24) is 0 Å². The second kappa shape index (κ2) is 3.70. The SMILES string of the molecule is Cc1cc(N)c(C)c2c1OCCC(=O)N2C. The van der Waals surface area contributed by atoms with Crippen LogP contribution in [0.5, 0.6) is 5.75 Å². The smallest absolute Gasteiger partial charge is 0.230 e. The van der Waals surface area contributed by atoms with Gasteiger partial charge in [0, 0.05) is 12.7 Å². The molecule has 0 aliphatic carbocycles. The van der Waals surface area contributed by atoms with Crippen LogP contribution in [0.25, 0.3) is 0 Å². The minimum absolute atomic E-state index is 0.0619. The number of carbonyl (C=O) groups excluding carboxylic acids is 1. The van der Waals surface area contributed by atoms with Crippen molar-refractivity contribution in [1.29, 1.82) is 0 Å². The summed E-state index contributed by atoms with van der Waals surface area (Å²) in [7, 11) is 1.77. The molecule has 0 saturated carbocycles. The van der Waals surface area contributed by atoms with Gasteiger partial charge in [0.2, 0.25) is 5.91 Å². The van der Waals surface area contributed by atoms with Crippen LogP contribution in [-0.4, -0.2) is 19.6 Å². The van der Waals surface area contributed by atoms with E-state index < -0.39 is 0 Å². The van der Waals surface area contributed by atoms with Crippen LogP contribution in [0.15, 0.2) is 6.07 Å². The van der Waals surface area contributed by atoms with Crippen molar-refractivity contribution in [3.63, 3.8) is 0 Å². The fourth-order valence-electron chi connectivity index (χ4n) is 2.02. The van der Waals surface area contributed by atoms with Crippen molar-refractivity contribution in [2.45, 2.75) is 20.3 Å². The summed E-state index contributed by atoms with van der Waals surface area (Å²) < 4.78 is 5.64. The van der Waals surface area contributed by atoms with E-state index in [0.29, 0.717) is 18.7 Å². The predicted molar refractivity (Wildman–Crippen MR) is 63.9 cm³/mol. The Labute approximate surface area is 95.0 Å². The normalized spacial score (nSPS) is 15.4. The molecule has 1 amide bonds. The van der Waals surface area contributed by atoms with Gasteiger partial charge in [-0.15, -0.1) is 0 Å². The highest BCUT2D eigenvalue weighted by atomic mass is 16.5. The number of ether oxygens (including phenoxy) is 1. The van der Waals surface area contributed by atoms with Gasteiger partial charge in [-0.3, -0.25) is 4.79 Å². The first-order valence-corrected chi connectivity index (χ1v) is 5.31. The molecular weight excluding hydrogens is 204 g/mol. The molecule has 0 aromatic heterocycles. The first-order valence-electron chi connectivity index (χ1n) is 5.31. The van der Waals surface area contributed by atoms with E-state index in [-0.39, 0.29) is 5.91 Å². The van der Waals surface area contributed by atoms with Crippen molar-refractivity contribution in [3.8, 4) is 5.75 Å². The van der Waals surface area contributed by atoms with Crippen molar-refractivity contribution in [2.75, 3.05) is 24.3 Å². The lowest BCUT2D eigenvalue weighted by molar-refractivity contribution is -0.118. The Hall–Kier alpha value is -1.71. The number of hydrogen-bond donors (Lipinski definition) is 1. The zero-order valence-electron chi connectivity index (χ0n) is 9.83.